The summed E-state index contributed by atoms with van der Waals surface area (Å²) < 4.78 is 5.41. The Morgan fingerprint density at radius 2 is 1.79 bits per heavy atom. The van der Waals surface area contributed by atoms with E-state index in [1.807, 2.05) is 31.2 Å². The molecule has 0 bridgehead atoms. The predicted octanol–water partition coefficient (Wildman–Crippen LogP) is 3.46. The van der Waals surface area contributed by atoms with Crippen LogP contribution in [0.15, 0.2) is 24.3 Å². The number of hydrogen-bond acceptors (Lipinski definition) is 2. The van der Waals surface area contributed by atoms with Crippen molar-refractivity contribution in [1.82, 2.24) is 5.32 Å². The number of aryl methyl sites for hydroxylation is 1. The standard InChI is InChI=1S/C16H25NO2/c1-3-4-5-6-7-12-17-16(18)13-19-15-10-8-14(2)9-11-15/h8-11H,3-7,12-13H2,1-2H3,(H,17,18). The summed E-state index contributed by atoms with van der Waals surface area (Å²) >= 11 is 0. The summed E-state index contributed by atoms with van der Waals surface area (Å²) in [5, 5.41) is 2.88. The van der Waals surface area contributed by atoms with Crippen LogP contribution in [0.4, 0.5) is 0 Å². The fourth-order valence-electron chi connectivity index (χ4n) is 1.79. The number of ether oxygens (including phenoxy) is 1. The maximum Gasteiger partial charge on any atom is 0.257 e. The zero-order valence-electron chi connectivity index (χ0n) is 12.1. The van der Waals surface area contributed by atoms with Gasteiger partial charge in [0.2, 0.25) is 0 Å². The van der Waals surface area contributed by atoms with Gasteiger partial charge in [-0.05, 0) is 25.5 Å². The van der Waals surface area contributed by atoms with E-state index >= 15 is 0 Å². The molecular formula is C16H25NO2. The fraction of sp³-hybridized carbons (Fsp3) is 0.562. The molecule has 0 aromatic heterocycles. The lowest BCUT2D eigenvalue weighted by Crippen LogP contribution is -2.29. The van der Waals surface area contributed by atoms with Crippen LogP contribution < -0.4 is 10.1 Å². The Morgan fingerprint density at radius 3 is 2.47 bits per heavy atom. The number of carbonyl (C=O) groups is 1. The molecule has 1 amide bonds. The van der Waals surface area contributed by atoms with Gasteiger partial charge < -0.3 is 10.1 Å². The quantitative estimate of drug-likeness (QED) is 0.693. The van der Waals surface area contributed by atoms with Gasteiger partial charge in [-0.25, -0.2) is 0 Å². The van der Waals surface area contributed by atoms with Crippen molar-refractivity contribution in [3.8, 4) is 5.75 Å². The zero-order valence-corrected chi connectivity index (χ0v) is 12.1. The number of hydrogen-bond donors (Lipinski definition) is 1. The van der Waals surface area contributed by atoms with E-state index in [4.69, 9.17) is 4.74 Å². The lowest BCUT2D eigenvalue weighted by molar-refractivity contribution is -0.123. The summed E-state index contributed by atoms with van der Waals surface area (Å²) in [5.74, 6) is 0.694. The summed E-state index contributed by atoms with van der Waals surface area (Å²) in [6.07, 6.45) is 6.02. The van der Waals surface area contributed by atoms with E-state index in [0.717, 1.165) is 18.7 Å². The molecule has 0 aliphatic heterocycles. The van der Waals surface area contributed by atoms with E-state index in [1.54, 1.807) is 0 Å². The summed E-state index contributed by atoms with van der Waals surface area (Å²) in [7, 11) is 0. The van der Waals surface area contributed by atoms with Gasteiger partial charge in [-0.3, -0.25) is 4.79 Å². The topological polar surface area (TPSA) is 38.3 Å². The highest BCUT2D eigenvalue weighted by Crippen LogP contribution is 2.10. The minimum Gasteiger partial charge on any atom is -0.484 e. The fourth-order valence-corrected chi connectivity index (χ4v) is 1.79. The SMILES string of the molecule is CCCCCCCNC(=O)COc1ccc(C)cc1. The highest BCUT2D eigenvalue weighted by Gasteiger charge is 2.01. The van der Waals surface area contributed by atoms with Gasteiger partial charge in [-0.15, -0.1) is 0 Å². The summed E-state index contributed by atoms with van der Waals surface area (Å²) in [5.41, 5.74) is 1.18. The Bertz CT molecular complexity index is 360. The molecule has 0 aliphatic rings. The molecule has 0 heterocycles. The van der Waals surface area contributed by atoms with Gasteiger partial charge in [0, 0.05) is 6.54 Å². The van der Waals surface area contributed by atoms with Crippen molar-refractivity contribution in [2.75, 3.05) is 13.2 Å². The van der Waals surface area contributed by atoms with Crippen LogP contribution in [0.2, 0.25) is 0 Å². The molecule has 1 rings (SSSR count). The van der Waals surface area contributed by atoms with E-state index in [0.29, 0.717) is 0 Å². The second-order valence-electron chi connectivity index (χ2n) is 4.87. The molecule has 0 saturated heterocycles. The minimum absolute atomic E-state index is 0.0453. The molecule has 1 aromatic carbocycles. The summed E-state index contributed by atoms with van der Waals surface area (Å²) in [6, 6.07) is 7.71. The summed E-state index contributed by atoms with van der Waals surface area (Å²) in [6.45, 7) is 5.07. The van der Waals surface area contributed by atoms with Gasteiger partial charge in [-0.2, -0.15) is 0 Å². The number of nitrogens with one attached hydrogen (secondary N) is 1. The van der Waals surface area contributed by atoms with Gasteiger partial charge in [0.1, 0.15) is 5.75 Å². The molecule has 1 N–H and O–H groups in total. The Morgan fingerprint density at radius 1 is 1.11 bits per heavy atom. The molecule has 0 atom stereocenters. The van der Waals surface area contributed by atoms with Crippen molar-refractivity contribution in [2.24, 2.45) is 0 Å². The minimum atomic E-state index is -0.0453. The van der Waals surface area contributed by atoms with E-state index < -0.39 is 0 Å². The van der Waals surface area contributed by atoms with E-state index in [-0.39, 0.29) is 12.5 Å². The van der Waals surface area contributed by atoms with Crippen molar-refractivity contribution < 1.29 is 9.53 Å². The Balaban J connectivity index is 2.06. The van der Waals surface area contributed by atoms with E-state index in [1.165, 1.54) is 31.2 Å². The second-order valence-corrected chi connectivity index (χ2v) is 4.87. The molecule has 0 saturated carbocycles. The molecule has 0 radical (unpaired) electrons. The van der Waals surface area contributed by atoms with Crippen LogP contribution in [0.3, 0.4) is 0 Å². The first kappa shape index (κ1) is 15.5. The first-order valence-corrected chi connectivity index (χ1v) is 7.18. The molecular weight excluding hydrogens is 238 g/mol. The van der Waals surface area contributed by atoms with Crippen molar-refractivity contribution in [3.63, 3.8) is 0 Å². The molecule has 3 nitrogen and oxygen atoms in total. The molecule has 106 valence electrons. The van der Waals surface area contributed by atoms with Crippen LogP contribution in [-0.4, -0.2) is 19.1 Å². The maximum absolute atomic E-state index is 11.5. The molecule has 19 heavy (non-hydrogen) atoms. The van der Waals surface area contributed by atoms with Crippen LogP contribution in [0.25, 0.3) is 0 Å². The predicted molar refractivity (Wildman–Crippen MR) is 78.4 cm³/mol. The number of rotatable bonds is 9. The third-order valence-electron chi connectivity index (χ3n) is 2.99. The molecule has 3 heteroatoms. The first-order valence-electron chi connectivity index (χ1n) is 7.18. The van der Waals surface area contributed by atoms with Crippen molar-refractivity contribution in [3.05, 3.63) is 29.8 Å². The highest BCUT2D eigenvalue weighted by atomic mass is 16.5. The maximum atomic E-state index is 11.5. The highest BCUT2D eigenvalue weighted by molar-refractivity contribution is 5.77. The Kier molecular flexibility index (Phi) is 7.71. The van der Waals surface area contributed by atoms with Crippen molar-refractivity contribution >= 4 is 5.91 Å². The largest absolute Gasteiger partial charge is 0.484 e. The molecule has 0 unspecified atom stereocenters. The zero-order chi connectivity index (χ0) is 13.9. The van der Waals surface area contributed by atoms with Crippen LogP contribution in [0.1, 0.15) is 44.6 Å². The van der Waals surface area contributed by atoms with Gasteiger partial charge >= 0.3 is 0 Å². The van der Waals surface area contributed by atoms with Gasteiger partial charge in [-0.1, -0.05) is 50.3 Å². The van der Waals surface area contributed by atoms with Crippen molar-refractivity contribution in [1.29, 1.82) is 0 Å². The second kappa shape index (κ2) is 9.42. The molecule has 0 fully saturated rings. The van der Waals surface area contributed by atoms with Crippen LogP contribution in [-0.2, 0) is 4.79 Å². The monoisotopic (exact) mass is 263 g/mol. The van der Waals surface area contributed by atoms with Crippen LogP contribution >= 0.6 is 0 Å². The third kappa shape index (κ3) is 7.50. The smallest absolute Gasteiger partial charge is 0.257 e. The van der Waals surface area contributed by atoms with Crippen LogP contribution in [0, 0.1) is 6.92 Å². The van der Waals surface area contributed by atoms with E-state index in [9.17, 15) is 4.79 Å². The van der Waals surface area contributed by atoms with Gasteiger partial charge in [0.25, 0.3) is 5.91 Å². The first-order chi connectivity index (χ1) is 9.22. The Labute approximate surface area is 116 Å². The number of amides is 1. The third-order valence-corrected chi connectivity index (χ3v) is 2.99. The van der Waals surface area contributed by atoms with E-state index in [2.05, 4.69) is 12.2 Å². The molecule has 0 spiro atoms. The normalized spacial score (nSPS) is 10.2. The average Bonchev–Trinajstić information content (AvgIpc) is 2.42. The molecule has 0 aliphatic carbocycles. The van der Waals surface area contributed by atoms with Gasteiger partial charge in [0.15, 0.2) is 6.61 Å². The lowest BCUT2D eigenvalue weighted by Gasteiger charge is -2.07. The van der Waals surface area contributed by atoms with Gasteiger partial charge in [0.05, 0.1) is 0 Å². The number of unbranched alkanes of at least 4 members (excludes halogenated alkanes) is 4. The summed E-state index contributed by atoms with van der Waals surface area (Å²) in [4.78, 5) is 11.5. The number of carbonyl (C=O) groups excluding carboxylic acids is 1. The van der Waals surface area contributed by atoms with Crippen LogP contribution in [0.5, 0.6) is 5.75 Å². The van der Waals surface area contributed by atoms with Crippen molar-refractivity contribution in [2.45, 2.75) is 46.0 Å². The average molecular weight is 263 g/mol. The lowest BCUT2D eigenvalue weighted by atomic mass is 10.1. The molecule has 1 aromatic rings. The Hall–Kier alpha value is -1.51. The number of benzene rings is 1.